The monoisotopic (exact) mass is 460 g/mol. The highest BCUT2D eigenvalue weighted by Crippen LogP contribution is 2.31. The number of hydrogen-bond donors (Lipinski definition) is 1. The minimum absolute atomic E-state index is 0.0915. The van der Waals surface area contributed by atoms with Gasteiger partial charge in [0.15, 0.2) is 0 Å². The van der Waals surface area contributed by atoms with Crippen molar-refractivity contribution in [1.29, 1.82) is 0 Å². The molecule has 1 amide bonds. The molecule has 0 radical (unpaired) electrons. The lowest BCUT2D eigenvalue weighted by Gasteiger charge is -2.33. The second kappa shape index (κ2) is 7.72. The summed E-state index contributed by atoms with van der Waals surface area (Å²) in [6, 6.07) is 6.28. The largest absolute Gasteiger partial charge is 0.473 e. The first-order chi connectivity index (χ1) is 14.1. The van der Waals surface area contributed by atoms with Crippen molar-refractivity contribution in [1.82, 2.24) is 20.0 Å². The standard InChI is InChI=1S/C21H25BrN4O3/c22-13-3-8-17-18(10-13)20(29-16-6-7-16)24-26(21(17)28)12-19(27)23-14-2-1-9-25(11-14)15-4-5-15/h3,8,10,14-16H,1-2,4-7,9,11-12H2,(H,23,27)/t14-/m1/s1. The number of halogens is 1. The highest BCUT2D eigenvalue weighted by Gasteiger charge is 2.33. The Hall–Kier alpha value is -1.93. The zero-order chi connectivity index (χ0) is 20.0. The zero-order valence-electron chi connectivity index (χ0n) is 16.3. The van der Waals surface area contributed by atoms with Crippen LogP contribution >= 0.6 is 15.9 Å². The summed E-state index contributed by atoms with van der Waals surface area (Å²) in [6.07, 6.45) is 6.78. The van der Waals surface area contributed by atoms with Crippen LogP contribution in [-0.2, 0) is 11.3 Å². The van der Waals surface area contributed by atoms with E-state index in [1.807, 2.05) is 12.1 Å². The SMILES string of the molecule is O=C(Cn1nc(OC2CC2)c2cc(Br)ccc2c1=O)N[C@@H]1CCCN(C2CC2)C1. The van der Waals surface area contributed by atoms with Gasteiger partial charge in [0.2, 0.25) is 11.8 Å². The summed E-state index contributed by atoms with van der Waals surface area (Å²) >= 11 is 3.45. The number of benzene rings is 1. The van der Waals surface area contributed by atoms with Crippen LogP contribution in [0, 0.1) is 0 Å². The molecule has 2 aliphatic carbocycles. The maximum atomic E-state index is 12.9. The number of hydrogen-bond acceptors (Lipinski definition) is 5. The van der Waals surface area contributed by atoms with Crippen molar-refractivity contribution < 1.29 is 9.53 Å². The predicted octanol–water partition coefficient (Wildman–Crippen LogP) is 2.44. The quantitative estimate of drug-likeness (QED) is 0.716. The van der Waals surface area contributed by atoms with Gasteiger partial charge >= 0.3 is 0 Å². The topological polar surface area (TPSA) is 76.5 Å². The smallest absolute Gasteiger partial charge is 0.275 e. The van der Waals surface area contributed by atoms with Gasteiger partial charge in [0.05, 0.1) is 10.8 Å². The van der Waals surface area contributed by atoms with Gasteiger partial charge in [-0.1, -0.05) is 15.9 Å². The average molecular weight is 461 g/mol. The molecule has 29 heavy (non-hydrogen) atoms. The van der Waals surface area contributed by atoms with E-state index in [4.69, 9.17) is 4.74 Å². The number of carbonyl (C=O) groups is 1. The molecule has 2 aromatic rings. The molecule has 3 aliphatic rings. The van der Waals surface area contributed by atoms with Gasteiger partial charge in [0, 0.05) is 23.1 Å². The number of likely N-dealkylation sites (tertiary alicyclic amines) is 1. The normalized spacial score (nSPS) is 22.6. The van der Waals surface area contributed by atoms with Gasteiger partial charge in [0.1, 0.15) is 12.6 Å². The third-order valence-corrected chi connectivity index (χ3v) is 6.36. The van der Waals surface area contributed by atoms with Crippen LogP contribution in [0.15, 0.2) is 27.5 Å². The summed E-state index contributed by atoms with van der Waals surface area (Å²) in [4.78, 5) is 28.1. The van der Waals surface area contributed by atoms with Gasteiger partial charge in [-0.15, -0.1) is 5.10 Å². The lowest BCUT2D eigenvalue weighted by Crippen LogP contribution is -2.49. The van der Waals surface area contributed by atoms with E-state index in [0.717, 1.165) is 43.2 Å². The number of amides is 1. The summed E-state index contributed by atoms with van der Waals surface area (Å²) < 4.78 is 8.04. The summed E-state index contributed by atoms with van der Waals surface area (Å²) in [6.45, 7) is 1.94. The highest BCUT2D eigenvalue weighted by molar-refractivity contribution is 9.10. The van der Waals surface area contributed by atoms with E-state index < -0.39 is 0 Å². The second-order valence-electron chi connectivity index (χ2n) is 8.41. The number of nitrogens with zero attached hydrogens (tertiary/aromatic N) is 3. The maximum Gasteiger partial charge on any atom is 0.275 e. The number of nitrogens with one attached hydrogen (secondary N) is 1. The molecule has 2 saturated carbocycles. The minimum atomic E-state index is -0.269. The van der Waals surface area contributed by atoms with Gasteiger partial charge in [-0.25, -0.2) is 4.68 Å². The van der Waals surface area contributed by atoms with Crippen LogP contribution in [0.4, 0.5) is 0 Å². The van der Waals surface area contributed by atoms with Gasteiger partial charge in [-0.2, -0.15) is 0 Å². The van der Waals surface area contributed by atoms with Crippen LogP contribution in [0.3, 0.4) is 0 Å². The van der Waals surface area contributed by atoms with Crippen LogP contribution < -0.4 is 15.6 Å². The lowest BCUT2D eigenvalue weighted by molar-refractivity contribution is -0.123. The summed E-state index contributed by atoms with van der Waals surface area (Å²) in [5, 5.41) is 8.70. The zero-order valence-corrected chi connectivity index (χ0v) is 17.9. The molecular formula is C21H25BrN4O3. The third kappa shape index (κ3) is 4.33. The Labute approximate surface area is 177 Å². The maximum absolute atomic E-state index is 12.9. The minimum Gasteiger partial charge on any atom is -0.473 e. The fourth-order valence-electron chi connectivity index (χ4n) is 4.07. The first kappa shape index (κ1) is 19.1. The average Bonchev–Trinajstić information content (AvgIpc) is 3.60. The number of piperidine rings is 1. The van der Waals surface area contributed by atoms with Crippen LogP contribution in [0.2, 0.25) is 0 Å². The summed E-state index contributed by atoms with van der Waals surface area (Å²) in [5.41, 5.74) is -0.269. The van der Waals surface area contributed by atoms with E-state index in [1.54, 1.807) is 6.07 Å². The van der Waals surface area contributed by atoms with Crippen LogP contribution in [0.25, 0.3) is 10.8 Å². The highest BCUT2D eigenvalue weighted by atomic mass is 79.9. The van der Waals surface area contributed by atoms with Crippen molar-refractivity contribution in [3.05, 3.63) is 33.0 Å². The van der Waals surface area contributed by atoms with Crippen molar-refractivity contribution in [3.8, 4) is 5.88 Å². The molecule has 0 spiro atoms. The Bertz CT molecular complexity index is 999. The Morgan fingerprint density at radius 1 is 1.21 bits per heavy atom. The molecule has 1 aliphatic heterocycles. The first-order valence-electron chi connectivity index (χ1n) is 10.5. The van der Waals surface area contributed by atoms with E-state index in [2.05, 4.69) is 31.2 Å². The van der Waals surface area contributed by atoms with E-state index in [1.165, 1.54) is 17.5 Å². The number of ether oxygens (including phenoxy) is 1. The van der Waals surface area contributed by atoms with Crippen molar-refractivity contribution in [2.75, 3.05) is 13.1 Å². The van der Waals surface area contributed by atoms with Gasteiger partial charge in [0.25, 0.3) is 5.56 Å². The third-order valence-electron chi connectivity index (χ3n) is 5.87. The summed E-state index contributed by atoms with van der Waals surface area (Å²) in [5.74, 6) is 0.254. The first-order valence-corrected chi connectivity index (χ1v) is 11.3. The van der Waals surface area contributed by atoms with Gasteiger partial charge in [-0.05, 0) is 63.3 Å². The Kier molecular flexibility index (Phi) is 5.07. The Morgan fingerprint density at radius 2 is 2.03 bits per heavy atom. The van der Waals surface area contributed by atoms with Crippen LogP contribution in [-0.4, -0.2) is 51.9 Å². The van der Waals surface area contributed by atoms with Crippen LogP contribution in [0.1, 0.15) is 38.5 Å². The molecule has 1 saturated heterocycles. The van der Waals surface area contributed by atoms with Crippen molar-refractivity contribution >= 4 is 32.6 Å². The molecule has 1 aromatic carbocycles. The second-order valence-corrected chi connectivity index (χ2v) is 9.32. The van der Waals surface area contributed by atoms with Gasteiger partial charge < -0.3 is 10.1 Å². The molecule has 0 bridgehead atoms. The molecule has 154 valence electrons. The fourth-order valence-corrected chi connectivity index (χ4v) is 4.43. The van der Waals surface area contributed by atoms with E-state index in [9.17, 15) is 9.59 Å². The molecule has 1 atom stereocenters. The molecular weight excluding hydrogens is 436 g/mol. The molecule has 2 heterocycles. The molecule has 3 fully saturated rings. The molecule has 1 aromatic heterocycles. The number of aromatic nitrogens is 2. The molecule has 1 N–H and O–H groups in total. The number of rotatable bonds is 6. The molecule has 7 nitrogen and oxygen atoms in total. The van der Waals surface area contributed by atoms with Crippen LogP contribution in [0.5, 0.6) is 5.88 Å². The number of fused-ring (bicyclic) bond motifs is 1. The van der Waals surface area contributed by atoms with Crippen molar-refractivity contribution in [2.45, 2.75) is 63.3 Å². The van der Waals surface area contributed by atoms with E-state index >= 15 is 0 Å². The molecule has 8 heteroatoms. The number of carbonyl (C=O) groups excluding carboxylic acids is 1. The van der Waals surface area contributed by atoms with E-state index in [0.29, 0.717) is 22.7 Å². The molecule has 0 unspecified atom stereocenters. The van der Waals surface area contributed by atoms with Crippen molar-refractivity contribution in [2.24, 2.45) is 0 Å². The Balaban J connectivity index is 1.35. The Morgan fingerprint density at radius 3 is 2.79 bits per heavy atom. The lowest BCUT2D eigenvalue weighted by atomic mass is 10.1. The predicted molar refractivity (Wildman–Crippen MR) is 113 cm³/mol. The molecule has 5 rings (SSSR count). The summed E-state index contributed by atoms with van der Waals surface area (Å²) in [7, 11) is 0. The van der Waals surface area contributed by atoms with Gasteiger partial charge in [-0.3, -0.25) is 14.5 Å². The fraction of sp³-hybridized carbons (Fsp3) is 0.571. The van der Waals surface area contributed by atoms with Crippen molar-refractivity contribution in [3.63, 3.8) is 0 Å². The van der Waals surface area contributed by atoms with E-state index in [-0.39, 0.29) is 30.2 Å².